The third-order valence-corrected chi connectivity index (χ3v) is 4.97. The number of unbranched alkanes of at least 4 members (excludes halogenated alkanes) is 1. The summed E-state index contributed by atoms with van der Waals surface area (Å²) in [5.74, 6) is -0.331. The zero-order valence-corrected chi connectivity index (χ0v) is 16.9. The number of carbonyl (C=O) groups is 1. The molecule has 1 aromatic carbocycles. The van der Waals surface area contributed by atoms with Gasteiger partial charge in [0.25, 0.3) is 5.91 Å². The highest BCUT2D eigenvalue weighted by Crippen LogP contribution is 2.34. The van der Waals surface area contributed by atoms with Crippen molar-refractivity contribution in [2.24, 2.45) is 5.73 Å². The Morgan fingerprint density at radius 2 is 1.77 bits per heavy atom. The lowest BCUT2D eigenvalue weighted by Crippen LogP contribution is -2.17. The van der Waals surface area contributed by atoms with Crippen LogP contribution in [0.5, 0.6) is 0 Å². The topological polar surface area (TPSA) is 51.3 Å². The Morgan fingerprint density at radius 1 is 1.12 bits per heavy atom. The van der Waals surface area contributed by atoms with Crippen LogP contribution in [0, 0.1) is 13.8 Å². The molecule has 4 nitrogen and oxygen atoms in total. The van der Waals surface area contributed by atoms with E-state index in [1.54, 1.807) is 0 Å². The van der Waals surface area contributed by atoms with Crippen molar-refractivity contribution < 1.29 is 4.79 Å². The molecule has 0 aliphatic carbocycles. The van der Waals surface area contributed by atoms with E-state index >= 15 is 0 Å². The summed E-state index contributed by atoms with van der Waals surface area (Å²) in [7, 11) is 4.18. The lowest BCUT2D eigenvalue weighted by atomic mass is 9.97. The molecule has 0 spiro atoms. The molecule has 26 heavy (non-hydrogen) atoms. The molecule has 0 saturated heterocycles. The predicted octanol–water partition coefficient (Wildman–Crippen LogP) is 4.17. The van der Waals surface area contributed by atoms with Crippen molar-refractivity contribution in [1.82, 2.24) is 9.47 Å². The number of nitrogens with zero attached hydrogens (tertiary/aromatic N) is 2. The maximum Gasteiger partial charge on any atom is 0.251 e. The van der Waals surface area contributed by atoms with Crippen LogP contribution in [-0.4, -0.2) is 36.0 Å². The fraction of sp³-hybridized carbons (Fsp3) is 0.500. The first kappa shape index (κ1) is 20.2. The van der Waals surface area contributed by atoms with Crippen molar-refractivity contribution in [3.05, 3.63) is 46.8 Å². The van der Waals surface area contributed by atoms with E-state index < -0.39 is 0 Å². The Hall–Kier alpha value is -2.07. The van der Waals surface area contributed by atoms with Crippen LogP contribution in [0.3, 0.4) is 0 Å². The number of hydrogen-bond acceptors (Lipinski definition) is 2. The second-order valence-corrected chi connectivity index (χ2v) is 7.42. The van der Waals surface area contributed by atoms with E-state index in [4.69, 9.17) is 5.73 Å². The average molecular weight is 356 g/mol. The maximum absolute atomic E-state index is 12.3. The van der Waals surface area contributed by atoms with Crippen LogP contribution in [0.15, 0.2) is 24.3 Å². The van der Waals surface area contributed by atoms with Gasteiger partial charge >= 0.3 is 0 Å². The molecule has 0 unspecified atom stereocenters. The normalized spacial score (nSPS) is 11.3. The Morgan fingerprint density at radius 3 is 2.31 bits per heavy atom. The summed E-state index contributed by atoms with van der Waals surface area (Å²) in [5, 5.41) is 0. The van der Waals surface area contributed by atoms with Gasteiger partial charge in [0, 0.05) is 23.5 Å². The fourth-order valence-corrected chi connectivity index (χ4v) is 3.58. The van der Waals surface area contributed by atoms with Gasteiger partial charge in [-0.2, -0.15) is 0 Å². The first-order valence-corrected chi connectivity index (χ1v) is 9.60. The summed E-state index contributed by atoms with van der Waals surface area (Å²) < 4.78 is 2.33. The van der Waals surface area contributed by atoms with E-state index in [-0.39, 0.29) is 5.91 Å². The van der Waals surface area contributed by atoms with Crippen molar-refractivity contribution in [3.8, 4) is 11.1 Å². The summed E-state index contributed by atoms with van der Waals surface area (Å²) in [5.41, 5.74) is 12.1. The Kier molecular flexibility index (Phi) is 7.04. The zero-order valence-electron chi connectivity index (χ0n) is 16.9. The lowest BCUT2D eigenvalue weighted by Gasteiger charge is -2.15. The van der Waals surface area contributed by atoms with Crippen LogP contribution >= 0.6 is 0 Å². The molecule has 142 valence electrons. The summed E-state index contributed by atoms with van der Waals surface area (Å²) in [6, 6.07) is 8.41. The number of nitrogens with two attached hydrogens (primary N) is 1. The minimum atomic E-state index is -0.331. The average Bonchev–Trinajstić information content (AvgIpc) is 2.86. The van der Waals surface area contributed by atoms with Gasteiger partial charge in [-0.05, 0) is 59.3 Å². The van der Waals surface area contributed by atoms with Crippen molar-refractivity contribution in [2.45, 2.75) is 53.0 Å². The molecule has 2 aromatic rings. The van der Waals surface area contributed by atoms with E-state index in [0.717, 1.165) is 55.6 Å². The minimum Gasteiger partial charge on any atom is -0.366 e. The third-order valence-electron chi connectivity index (χ3n) is 4.97. The van der Waals surface area contributed by atoms with E-state index in [1.165, 1.54) is 11.3 Å². The number of amides is 1. The number of aryl methyl sites for hydroxylation is 1. The van der Waals surface area contributed by atoms with Gasteiger partial charge in [0.15, 0.2) is 0 Å². The molecule has 1 amide bonds. The molecule has 0 radical (unpaired) electrons. The van der Waals surface area contributed by atoms with E-state index in [2.05, 4.69) is 61.7 Å². The van der Waals surface area contributed by atoms with E-state index in [0.29, 0.717) is 5.56 Å². The maximum atomic E-state index is 12.3. The number of primary amides is 1. The van der Waals surface area contributed by atoms with Crippen LogP contribution in [0.25, 0.3) is 11.1 Å². The molecule has 0 fully saturated rings. The first-order chi connectivity index (χ1) is 12.4. The minimum absolute atomic E-state index is 0.331. The smallest absolute Gasteiger partial charge is 0.251 e. The summed E-state index contributed by atoms with van der Waals surface area (Å²) in [6.45, 7) is 8.25. The van der Waals surface area contributed by atoms with Crippen LogP contribution < -0.4 is 5.73 Å². The van der Waals surface area contributed by atoms with Gasteiger partial charge in [0.2, 0.25) is 0 Å². The summed E-state index contributed by atoms with van der Waals surface area (Å²) in [4.78, 5) is 14.5. The lowest BCUT2D eigenvalue weighted by molar-refractivity contribution is 0.1000. The van der Waals surface area contributed by atoms with E-state index in [9.17, 15) is 4.79 Å². The molecule has 0 bridgehead atoms. The van der Waals surface area contributed by atoms with Crippen LogP contribution in [0.1, 0.15) is 53.5 Å². The zero-order chi connectivity index (χ0) is 19.3. The van der Waals surface area contributed by atoms with Crippen LogP contribution in [-0.2, 0) is 13.0 Å². The highest BCUT2D eigenvalue weighted by Gasteiger charge is 2.24. The first-order valence-electron chi connectivity index (χ1n) is 9.60. The third kappa shape index (κ3) is 4.55. The molecular formula is C22H33N3O. The summed E-state index contributed by atoms with van der Waals surface area (Å²) >= 11 is 0. The number of benzene rings is 1. The predicted molar refractivity (Wildman–Crippen MR) is 110 cm³/mol. The number of carbonyl (C=O) groups excluding carboxylic acids is 1. The second-order valence-electron chi connectivity index (χ2n) is 7.42. The van der Waals surface area contributed by atoms with Gasteiger partial charge in [0.1, 0.15) is 0 Å². The molecule has 2 rings (SSSR count). The van der Waals surface area contributed by atoms with E-state index in [1.807, 2.05) is 6.92 Å². The molecule has 0 aliphatic rings. The Labute approximate surface area is 158 Å². The van der Waals surface area contributed by atoms with Gasteiger partial charge in [-0.25, -0.2) is 0 Å². The molecule has 4 heteroatoms. The molecule has 0 aliphatic heterocycles. The SMILES string of the molecule is CCCCc1c(-c2ccc(C)cc2)c(C(N)=O)c(C)n1CCCN(C)C. The fourth-order valence-electron chi connectivity index (χ4n) is 3.58. The van der Waals surface area contributed by atoms with Gasteiger partial charge in [-0.3, -0.25) is 4.79 Å². The number of aromatic nitrogens is 1. The van der Waals surface area contributed by atoms with Gasteiger partial charge in [0.05, 0.1) is 5.56 Å². The van der Waals surface area contributed by atoms with Gasteiger partial charge in [-0.1, -0.05) is 43.2 Å². The highest BCUT2D eigenvalue weighted by atomic mass is 16.1. The van der Waals surface area contributed by atoms with Crippen molar-refractivity contribution in [2.75, 3.05) is 20.6 Å². The number of hydrogen-bond donors (Lipinski definition) is 1. The van der Waals surface area contributed by atoms with Crippen LogP contribution in [0.2, 0.25) is 0 Å². The largest absolute Gasteiger partial charge is 0.366 e. The van der Waals surface area contributed by atoms with Gasteiger partial charge < -0.3 is 15.2 Å². The van der Waals surface area contributed by atoms with Crippen LogP contribution in [0.4, 0.5) is 0 Å². The highest BCUT2D eigenvalue weighted by molar-refractivity contribution is 6.02. The molecular weight excluding hydrogens is 322 g/mol. The monoisotopic (exact) mass is 355 g/mol. The van der Waals surface area contributed by atoms with Crippen molar-refractivity contribution in [3.63, 3.8) is 0 Å². The summed E-state index contributed by atoms with van der Waals surface area (Å²) in [6.07, 6.45) is 4.25. The Balaban J connectivity index is 2.58. The molecule has 0 saturated carbocycles. The standard InChI is InChI=1S/C22H33N3O/c1-6-7-9-19-21(18-12-10-16(2)11-13-18)20(22(23)26)17(3)25(19)15-8-14-24(4)5/h10-13H,6-9,14-15H2,1-5H3,(H2,23,26). The second kappa shape index (κ2) is 9.04. The number of rotatable bonds is 9. The van der Waals surface area contributed by atoms with Crippen molar-refractivity contribution in [1.29, 1.82) is 0 Å². The molecule has 1 aromatic heterocycles. The Bertz CT molecular complexity index is 742. The van der Waals surface area contributed by atoms with Crippen molar-refractivity contribution >= 4 is 5.91 Å². The molecule has 2 N–H and O–H groups in total. The quantitative estimate of drug-likeness (QED) is 0.734. The molecule has 0 atom stereocenters. The molecule has 1 heterocycles. The van der Waals surface area contributed by atoms with Gasteiger partial charge in [-0.15, -0.1) is 0 Å².